The number of nitriles is 1. The fourth-order valence-electron chi connectivity index (χ4n) is 3.62. The first kappa shape index (κ1) is 22.6. The average molecular weight is 428 g/mol. The lowest BCUT2D eigenvalue weighted by Gasteiger charge is -2.17. The molecule has 2 aliphatic heterocycles. The lowest BCUT2D eigenvalue weighted by molar-refractivity contribution is -0.132. The molecule has 1 aromatic carbocycles. The van der Waals surface area contributed by atoms with Gasteiger partial charge in [0.15, 0.2) is 18.1 Å². The van der Waals surface area contributed by atoms with E-state index in [-0.39, 0.29) is 24.2 Å². The molecule has 166 valence electrons. The van der Waals surface area contributed by atoms with Crippen molar-refractivity contribution in [3.8, 4) is 17.6 Å². The summed E-state index contributed by atoms with van der Waals surface area (Å²) in [6.07, 6.45) is 5.46. The molecule has 0 unspecified atom stereocenters. The van der Waals surface area contributed by atoms with Crippen molar-refractivity contribution in [3.05, 3.63) is 29.3 Å². The number of nitrogens with zero attached hydrogens (tertiary/aromatic N) is 2. The van der Waals surface area contributed by atoms with E-state index in [0.29, 0.717) is 36.8 Å². The smallest absolute Gasteiger partial charge is 0.262 e. The number of rotatable bonds is 9. The molecular weight excluding hydrogens is 398 g/mol. The van der Waals surface area contributed by atoms with Gasteiger partial charge in [-0.15, -0.1) is 0 Å². The molecule has 8 heteroatoms. The molecule has 0 saturated carbocycles. The second kappa shape index (κ2) is 11.4. The van der Waals surface area contributed by atoms with Crippen LogP contribution in [0.1, 0.15) is 38.2 Å². The minimum absolute atomic E-state index is 0.00155. The van der Waals surface area contributed by atoms with E-state index in [1.54, 1.807) is 23.1 Å². The minimum atomic E-state index is -0.438. The van der Waals surface area contributed by atoms with Crippen LogP contribution in [0.4, 0.5) is 0 Å². The number of likely N-dealkylation sites (tertiary alicyclic amines) is 1. The highest BCUT2D eigenvalue weighted by Gasteiger charge is 2.20. The molecule has 2 saturated heterocycles. The lowest BCUT2D eigenvalue weighted by atomic mass is 10.1. The third kappa shape index (κ3) is 6.46. The number of hydrogen-bond acceptors (Lipinski definition) is 6. The molecule has 0 radical (unpaired) electrons. The standard InChI is InChI=1S/C23H29N3O5/c1-2-29-21-13-17(7-8-20(21)31-16-22(27)26-9-3-4-10-26)12-18(14-24)23(28)25-15-19-6-5-11-30-19/h7-8,12-13,19H,2-6,9-11,15-16H2,1H3,(H,25,28)/b18-12+/t19-/m1/s1. The Morgan fingerprint density at radius 2 is 2.06 bits per heavy atom. The fourth-order valence-corrected chi connectivity index (χ4v) is 3.62. The Balaban J connectivity index is 1.65. The number of carbonyl (C=O) groups excluding carboxylic acids is 2. The molecule has 3 rings (SSSR count). The Hall–Kier alpha value is -3.05. The minimum Gasteiger partial charge on any atom is -0.490 e. The van der Waals surface area contributed by atoms with Crippen LogP contribution < -0.4 is 14.8 Å². The van der Waals surface area contributed by atoms with Gasteiger partial charge in [0.2, 0.25) is 0 Å². The number of benzene rings is 1. The molecule has 2 aliphatic rings. The Morgan fingerprint density at radius 1 is 1.26 bits per heavy atom. The summed E-state index contributed by atoms with van der Waals surface area (Å²) in [6.45, 7) is 4.85. The molecule has 0 aromatic heterocycles. The van der Waals surface area contributed by atoms with Crippen LogP contribution in [0.5, 0.6) is 11.5 Å². The zero-order valence-corrected chi connectivity index (χ0v) is 17.9. The molecule has 31 heavy (non-hydrogen) atoms. The summed E-state index contributed by atoms with van der Waals surface area (Å²) >= 11 is 0. The van der Waals surface area contributed by atoms with Crippen LogP contribution in [0, 0.1) is 11.3 Å². The summed E-state index contributed by atoms with van der Waals surface area (Å²) in [5, 5.41) is 12.2. The number of nitrogens with one attached hydrogen (secondary N) is 1. The van der Waals surface area contributed by atoms with Crippen LogP contribution >= 0.6 is 0 Å². The van der Waals surface area contributed by atoms with Crippen molar-refractivity contribution in [3.63, 3.8) is 0 Å². The van der Waals surface area contributed by atoms with Crippen molar-refractivity contribution < 1.29 is 23.8 Å². The third-order valence-electron chi connectivity index (χ3n) is 5.27. The average Bonchev–Trinajstić information content (AvgIpc) is 3.49. The van der Waals surface area contributed by atoms with Gasteiger partial charge in [0.05, 0.1) is 12.7 Å². The Kier molecular flexibility index (Phi) is 8.30. The monoisotopic (exact) mass is 427 g/mol. The van der Waals surface area contributed by atoms with Gasteiger partial charge in [-0.05, 0) is 56.4 Å². The molecule has 0 spiro atoms. The Morgan fingerprint density at radius 3 is 2.74 bits per heavy atom. The van der Waals surface area contributed by atoms with E-state index in [1.165, 1.54) is 6.08 Å². The first-order chi connectivity index (χ1) is 15.1. The highest BCUT2D eigenvalue weighted by Crippen LogP contribution is 2.29. The molecule has 0 bridgehead atoms. The van der Waals surface area contributed by atoms with Crippen LogP contribution in [0.2, 0.25) is 0 Å². The van der Waals surface area contributed by atoms with Gasteiger partial charge in [0.25, 0.3) is 11.8 Å². The van der Waals surface area contributed by atoms with Crippen molar-refractivity contribution in [1.29, 1.82) is 5.26 Å². The van der Waals surface area contributed by atoms with Crippen molar-refractivity contribution >= 4 is 17.9 Å². The maximum Gasteiger partial charge on any atom is 0.262 e. The van der Waals surface area contributed by atoms with Crippen molar-refractivity contribution in [2.45, 2.75) is 38.7 Å². The molecular formula is C23H29N3O5. The number of hydrogen-bond donors (Lipinski definition) is 1. The topological polar surface area (TPSA) is 101 Å². The summed E-state index contributed by atoms with van der Waals surface area (Å²) in [7, 11) is 0. The van der Waals surface area contributed by atoms with E-state index in [4.69, 9.17) is 14.2 Å². The largest absolute Gasteiger partial charge is 0.490 e. The van der Waals surface area contributed by atoms with Crippen LogP contribution in [-0.4, -0.2) is 62.3 Å². The zero-order valence-electron chi connectivity index (χ0n) is 17.9. The molecule has 2 heterocycles. The van der Waals surface area contributed by atoms with E-state index in [1.807, 2.05) is 13.0 Å². The lowest BCUT2D eigenvalue weighted by Crippen LogP contribution is -2.32. The number of carbonyl (C=O) groups is 2. The molecule has 2 amide bonds. The van der Waals surface area contributed by atoms with E-state index in [9.17, 15) is 14.9 Å². The van der Waals surface area contributed by atoms with E-state index in [0.717, 1.165) is 38.8 Å². The van der Waals surface area contributed by atoms with Gasteiger partial charge in [0, 0.05) is 26.2 Å². The first-order valence-corrected chi connectivity index (χ1v) is 10.8. The van der Waals surface area contributed by atoms with E-state index in [2.05, 4.69) is 5.32 Å². The molecule has 1 aromatic rings. The van der Waals surface area contributed by atoms with Crippen LogP contribution in [0.25, 0.3) is 6.08 Å². The second-order valence-corrected chi connectivity index (χ2v) is 7.53. The van der Waals surface area contributed by atoms with Gasteiger partial charge in [-0.1, -0.05) is 6.07 Å². The summed E-state index contributed by atoms with van der Waals surface area (Å²) in [5.41, 5.74) is 0.629. The fraction of sp³-hybridized carbons (Fsp3) is 0.522. The summed E-state index contributed by atoms with van der Waals surface area (Å²) in [4.78, 5) is 26.4. The highest BCUT2D eigenvalue weighted by molar-refractivity contribution is 6.01. The zero-order chi connectivity index (χ0) is 22.1. The maximum atomic E-state index is 12.4. The van der Waals surface area contributed by atoms with Crippen LogP contribution in [0.15, 0.2) is 23.8 Å². The first-order valence-electron chi connectivity index (χ1n) is 10.8. The number of ether oxygens (including phenoxy) is 3. The molecule has 8 nitrogen and oxygen atoms in total. The summed E-state index contributed by atoms with van der Waals surface area (Å²) in [5.74, 6) is 0.432. The molecule has 1 N–H and O–H groups in total. The van der Waals surface area contributed by atoms with Gasteiger partial charge in [-0.3, -0.25) is 9.59 Å². The molecule has 1 atom stereocenters. The van der Waals surface area contributed by atoms with Gasteiger partial charge >= 0.3 is 0 Å². The maximum absolute atomic E-state index is 12.4. The predicted octanol–water partition coefficient (Wildman–Crippen LogP) is 2.29. The predicted molar refractivity (Wildman–Crippen MR) is 114 cm³/mol. The van der Waals surface area contributed by atoms with Crippen molar-refractivity contribution in [2.75, 3.05) is 39.5 Å². The van der Waals surface area contributed by atoms with Gasteiger partial charge in [-0.2, -0.15) is 5.26 Å². The van der Waals surface area contributed by atoms with E-state index < -0.39 is 5.91 Å². The van der Waals surface area contributed by atoms with Gasteiger partial charge < -0.3 is 24.4 Å². The summed E-state index contributed by atoms with van der Waals surface area (Å²) in [6, 6.07) is 7.06. The second-order valence-electron chi connectivity index (χ2n) is 7.53. The van der Waals surface area contributed by atoms with Crippen molar-refractivity contribution in [2.24, 2.45) is 0 Å². The Bertz CT molecular complexity index is 849. The summed E-state index contributed by atoms with van der Waals surface area (Å²) < 4.78 is 16.8. The van der Waals surface area contributed by atoms with Crippen molar-refractivity contribution in [1.82, 2.24) is 10.2 Å². The van der Waals surface area contributed by atoms with E-state index >= 15 is 0 Å². The van der Waals surface area contributed by atoms with Gasteiger partial charge in [0.1, 0.15) is 11.6 Å². The molecule has 2 fully saturated rings. The number of amides is 2. The SMILES string of the molecule is CCOc1cc(/C=C(\C#N)C(=O)NC[C@H]2CCCO2)ccc1OCC(=O)N1CCCC1. The highest BCUT2D eigenvalue weighted by atomic mass is 16.5. The molecule has 0 aliphatic carbocycles. The Labute approximate surface area is 182 Å². The van der Waals surface area contributed by atoms with Crippen LogP contribution in [0.3, 0.4) is 0 Å². The third-order valence-corrected chi connectivity index (χ3v) is 5.27. The quantitative estimate of drug-likeness (QED) is 0.479. The van der Waals surface area contributed by atoms with Crippen LogP contribution in [-0.2, 0) is 14.3 Å². The van der Waals surface area contributed by atoms with Gasteiger partial charge in [-0.25, -0.2) is 0 Å². The normalized spacial score (nSPS) is 18.5.